The average molecular weight is 290 g/mol. The van der Waals surface area contributed by atoms with Gasteiger partial charge in [0.2, 0.25) is 0 Å². The number of rotatable bonds is 4. The van der Waals surface area contributed by atoms with E-state index >= 15 is 0 Å². The second-order valence-corrected chi connectivity index (χ2v) is 5.54. The summed E-state index contributed by atoms with van der Waals surface area (Å²) in [6.07, 6.45) is 5.63. The van der Waals surface area contributed by atoms with Crippen molar-refractivity contribution in [2.75, 3.05) is 5.32 Å². The van der Waals surface area contributed by atoms with Crippen LogP contribution in [0.4, 0.5) is 10.5 Å². The monoisotopic (exact) mass is 290 g/mol. The maximum atomic E-state index is 12.1. The Bertz CT molecular complexity index is 516. The zero-order valence-corrected chi connectivity index (χ0v) is 12.3. The highest BCUT2D eigenvalue weighted by Gasteiger charge is 2.24. The van der Waals surface area contributed by atoms with Gasteiger partial charge in [-0.15, -0.1) is 0 Å². The highest BCUT2D eigenvalue weighted by Crippen LogP contribution is 2.26. The lowest BCUT2D eigenvalue weighted by Crippen LogP contribution is -2.43. The number of carboxylic acid groups (broad SMARTS) is 1. The first kappa shape index (κ1) is 15.4. The van der Waals surface area contributed by atoms with Gasteiger partial charge in [-0.25, -0.2) is 9.59 Å². The van der Waals surface area contributed by atoms with Crippen molar-refractivity contribution in [2.45, 2.75) is 45.1 Å². The van der Waals surface area contributed by atoms with Crippen LogP contribution < -0.4 is 10.6 Å². The number of carboxylic acids is 1. The van der Waals surface area contributed by atoms with Crippen LogP contribution in [0, 0.1) is 5.92 Å². The first-order valence-corrected chi connectivity index (χ1v) is 7.51. The molecule has 5 heteroatoms. The van der Waals surface area contributed by atoms with Crippen LogP contribution >= 0.6 is 0 Å². The van der Waals surface area contributed by atoms with Crippen LogP contribution in [0.25, 0.3) is 0 Å². The SMILES string of the molecule is CCC1CCCCC1NC(=O)Nc1cccc(C(=O)O)c1. The van der Waals surface area contributed by atoms with E-state index in [0.717, 1.165) is 25.7 Å². The summed E-state index contributed by atoms with van der Waals surface area (Å²) in [6, 6.07) is 6.22. The summed E-state index contributed by atoms with van der Waals surface area (Å²) in [5.74, 6) is -0.466. The van der Waals surface area contributed by atoms with Gasteiger partial charge in [-0.2, -0.15) is 0 Å². The Hall–Kier alpha value is -2.04. The number of hydrogen-bond donors (Lipinski definition) is 3. The zero-order chi connectivity index (χ0) is 15.2. The van der Waals surface area contributed by atoms with Gasteiger partial charge in [0.25, 0.3) is 0 Å². The van der Waals surface area contributed by atoms with E-state index in [9.17, 15) is 9.59 Å². The summed E-state index contributed by atoms with van der Waals surface area (Å²) >= 11 is 0. The molecule has 0 spiro atoms. The molecule has 1 fully saturated rings. The van der Waals surface area contributed by atoms with Crippen molar-refractivity contribution in [3.8, 4) is 0 Å². The number of aromatic carboxylic acids is 1. The van der Waals surface area contributed by atoms with Gasteiger partial charge in [-0.3, -0.25) is 0 Å². The van der Waals surface area contributed by atoms with Gasteiger partial charge in [-0.05, 0) is 37.0 Å². The van der Waals surface area contributed by atoms with E-state index < -0.39 is 5.97 Å². The summed E-state index contributed by atoms with van der Waals surface area (Å²) in [5.41, 5.74) is 0.660. The van der Waals surface area contributed by atoms with E-state index in [1.807, 2.05) is 0 Å². The number of carbonyl (C=O) groups excluding carboxylic acids is 1. The van der Waals surface area contributed by atoms with Gasteiger partial charge < -0.3 is 15.7 Å². The number of nitrogens with one attached hydrogen (secondary N) is 2. The molecule has 0 aliphatic heterocycles. The molecule has 1 aliphatic rings. The highest BCUT2D eigenvalue weighted by molar-refractivity contribution is 5.93. The number of carbonyl (C=O) groups is 2. The van der Waals surface area contributed by atoms with Gasteiger partial charge in [-0.1, -0.05) is 32.3 Å². The maximum absolute atomic E-state index is 12.1. The predicted octanol–water partition coefficient (Wildman–Crippen LogP) is 3.48. The van der Waals surface area contributed by atoms with Crippen molar-refractivity contribution in [1.29, 1.82) is 0 Å². The molecule has 0 bridgehead atoms. The lowest BCUT2D eigenvalue weighted by Gasteiger charge is -2.31. The van der Waals surface area contributed by atoms with Crippen LogP contribution in [0.1, 0.15) is 49.4 Å². The van der Waals surface area contributed by atoms with E-state index in [1.54, 1.807) is 12.1 Å². The zero-order valence-electron chi connectivity index (χ0n) is 12.3. The second-order valence-electron chi connectivity index (χ2n) is 5.54. The van der Waals surface area contributed by atoms with Crippen LogP contribution in [-0.2, 0) is 0 Å². The summed E-state index contributed by atoms with van der Waals surface area (Å²) in [6.45, 7) is 2.15. The van der Waals surface area contributed by atoms with Crippen molar-refractivity contribution in [2.24, 2.45) is 5.92 Å². The van der Waals surface area contributed by atoms with E-state index in [-0.39, 0.29) is 17.6 Å². The Balaban J connectivity index is 1.95. The van der Waals surface area contributed by atoms with Gasteiger partial charge in [0.15, 0.2) is 0 Å². The first-order chi connectivity index (χ1) is 10.1. The molecule has 1 aromatic rings. The minimum atomic E-state index is -1.00. The lowest BCUT2D eigenvalue weighted by molar-refractivity contribution is 0.0697. The van der Waals surface area contributed by atoms with Crippen molar-refractivity contribution < 1.29 is 14.7 Å². The summed E-state index contributed by atoms with van der Waals surface area (Å²) in [4.78, 5) is 23.0. The van der Waals surface area contributed by atoms with Crippen LogP contribution in [0.5, 0.6) is 0 Å². The molecule has 2 amide bonds. The highest BCUT2D eigenvalue weighted by atomic mass is 16.4. The molecule has 3 N–H and O–H groups in total. The second kappa shape index (κ2) is 7.11. The fourth-order valence-corrected chi connectivity index (χ4v) is 2.95. The fourth-order valence-electron chi connectivity index (χ4n) is 2.95. The van der Waals surface area contributed by atoms with Crippen molar-refractivity contribution >= 4 is 17.7 Å². The lowest BCUT2D eigenvalue weighted by atomic mass is 9.83. The minimum Gasteiger partial charge on any atom is -0.478 e. The average Bonchev–Trinajstić information content (AvgIpc) is 2.48. The molecule has 1 saturated carbocycles. The summed E-state index contributed by atoms with van der Waals surface area (Å²) in [7, 11) is 0. The van der Waals surface area contributed by atoms with Crippen molar-refractivity contribution in [1.82, 2.24) is 5.32 Å². The third kappa shape index (κ3) is 4.21. The molecule has 1 aromatic carbocycles. The van der Waals surface area contributed by atoms with Gasteiger partial charge >= 0.3 is 12.0 Å². The third-order valence-electron chi connectivity index (χ3n) is 4.12. The topological polar surface area (TPSA) is 78.4 Å². The molecular weight excluding hydrogens is 268 g/mol. The molecular formula is C16H22N2O3. The van der Waals surface area contributed by atoms with E-state index in [2.05, 4.69) is 17.6 Å². The molecule has 1 aliphatic carbocycles. The molecule has 0 aromatic heterocycles. The Labute approximate surface area is 124 Å². The largest absolute Gasteiger partial charge is 0.478 e. The van der Waals surface area contributed by atoms with Crippen molar-refractivity contribution in [3.63, 3.8) is 0 Å². The predicted molar refractivity (Wildman–Crippen MR) is 81.6 cm³/mol. The molecule has 114 valence electrons. The van der Waals surface area contributed by atoms with Crippen LogP contribution in [0.15, 0.2) is 24.3 Å². The summed E-state index contributed by atoms with van der Waals surface area (Å²) < 4.78 is 0. The third-order valence-corrected chi connectivity index (χ3v) is 4.12. The normalized spacial score (nSPS) is 21.6. The minimum absolute atomic E-state index is 0.164. The van der Waals surface area contributed by atoms with Gasteiger partial charge in [0.1, 0.15) is 0 Å². The molecule has 5 nitrogen and oxygen atoms in total. The number of benzene rings is 1. The molecule has 2 atom stereocenters. The molecule has 0 heterocycles. The van der Waals surface area contributed by atoms with Crippen LogP contribution in [0.2, 0.25) is 0 Å². The van der Waals surface area contributed by atoms with Gasteiger partial charge in [0.05, 0.1) is 5.56 Å². The molecule has 0 radical (unpaired) electrons. The standard InChI is InChI=1S/C16H22N2O3/c1-2-11-6-3-4-9-14(11)18-16(21)17-13-8-5-7-12(10-13)15(19)20/h5,7-8,10-11,14H,2-4,6,9H2,1H3,(H,19,20)(H2,17,18,21). The Kier molecular flexibility index (Phi) is 5.20. The fraction of sp³-hybridized carbons (Fsp3) is 0.500. The van der Waals surface area contributed by atoms with E-state index in [1.165, 1.54) is 18.6 Å². The molecule has 0 saturated heterocycles. The number of amides is 2. The smallest absolute Gasteiger partial charge is 0.335 e. The summed E-state index contributed by atoms with van der Waals surface area (Å²) in [5, 5.41) is 14.7. The maximum Gasteiger partial charge on any atom is 0.335 e. The van der Waals surface area contributed by atoms with E-state index in [4.69, 9.17) is 5.11 Å². The van der Waals surface area contributed by atoms with Gasteiger partial charge in [0, 0.05) is 11.7 Å². The number of urea groups is 1. The number of anilines is 1. The van der Waals surface area contributed by atoms with Crippen molar-refractivity contribution in [3.05, 3.63) is 29.8 Å². The Morgan fingerprint density at radius 1 is 1.29 bits per heavy atom. The quantitative estimate of drug-likeness (QED) is 0.794. The van der Waals surface area contributed by atoms with Crippen LogP contribution in [-0.4, -0.2) is 23.1 Å². The first-order valence-electron chi connectivity index (χ1n) is 7.51. The molecule has 2 unspecified atom stereocenters. The molecule has 2 rings (SSSR count). The number of hydrogen-bond acceptors (Lipinski definition) is 2. The van der Waals surface area contributed by atoms with E-state index in [0.29, 0.717) is 11.6 Å². The Morgan fingerprint density at radius 2 is 2.05 bits per heavy atom. The molecule has 21 heavy (non-hydrogen) atoms. The van der Waals surface area contributed by atoms with Crippen LogP contribution in [0.3, 0.4) is 0 Å². The Morgan fingerprint density at radius 3 is 2.76 bits per heavy atom.